The first-order chi connectivity index (χ1) is 6.16. The number of furan rings is 1. The van der Waals surface area contributed by atoms with E-state index < -0.39 is 6.10 Å². The summed E-state index contributed by atoms with van der Waals surface area (Å²) >= 11 is 6.58. The average molecular weight is 216 g/mol. The molecule has 0 aliphatic carbocycles. The molecular formula is C9H12O2S2. The summed E-state index contributed by atoms with van der Waals surface area (Å²) in [6, 6.07) is 3.51. The highest BCUT2D eigenvalue weighted by Crippen LogP contribution is 2.26. The van der Waals surface area contributed by atoms with Crippen LogP contribution in [0.1, 0.15) is 18.8 Å². The van der Waals surface area contributed by atoms with Gasteiger partial charge in [-0.15, -0.1) is 11.8 Å². The van der Waals surface area contributed by atoms with Crippen LogP contribution in [-0.2, 0) is 0 Å². The van der Waals surface area contributed by atoms with Crippen molar-refractivity contribution < 1.29 is 9.52 Å². The molecule has 0 radical (unpaired) electrons. The van der Waals surface area contributed by atoms with Gasteiger partial charge in [0, 0.05) is 5.92 Å². The van der Waals surface area contributed by atoms with Crippen molar-refractivity contribution in [2.45, 2.75) is 13.0 Å². The molecule has 0 spiro atoms. The van der Waals surface area contributed by atoms with Crippen LogP contribution in [0.2, 0.25) is 0 Å². The molecule has 1 aromatic heterocycles. The van der Waals surface area contributed by atoms with Gasteiger partial charge in [-0.2, -0.15) is 0 Å². The van der Waals surface area contributed by atoms with Gasteiger partial charge in [0.2, 0.25) is 0 Å². The molecule has 72 valence electrons. The quantitative estimate of drug-likeness (QED) is 0.787. The van der Waals surface area contributed by atoms with Gasteiger partial charge < -0.3 is 9.52 Å². The predicted octanol–water partition coefficient (Wildman–Crippen LogP) is 2.64. The number of thiocarbonyl (C=S) groups is 1. The van der Waals surface area contributed by atoms with E-state index in [-0.39, 0.29) is 5.92 Å². The van der Waals surface area contributed by atoms with Crippen molar-refractivity contribution in [3.63, 3.8) is 0 Å². The molecular weight excluding hydrogens is 204 g/mol. The van der Waals surface area contributed by atoms with Crippen molar-refractivity contribution in [1.29, 1.82) is 0 Å². The third-order valence-corrected chi connectivity index (χ3v) is 3.53. The second-order valence-corrected chi connectivity index (χ2v) is 4.32. The zero-order chi connectivity index (χ0) is 9.84. The summed E-state index contributed by atoms with van der Waals surface area (Å²) < 4.78 is 5.89. The predicted molar refractivity (Wildman–Crippen MR) is 58.9 cm³/mol. The van der Waals surface area contributed by atoms with Gasteiger partial charge in [-0.1, -0.05) is 19.1 Å². The van der Waals surface area contributed by atoms with Crippen LogP contribution in [0.4, 0.5) is 0 Å². The molecule has 1 rings (SSSR count). The summed E-state index contributed by atoms with van der Waals surface area (Å²) in [5, 5.41) is 9.78. The van der Waals surface area contributed by atoms with Gasteiger partial charge >= 0.3 is 0 Å². The van der Waals surface area contributed by atoms with Gasteiger partial charge in [-0.25, -0.2) is 0 Å². The fourth-order valence-electron chi connectivity index (χ4n) is 1.02. The van der Waals surface area contributed by atoms with E-state index in [0.717, 1.165) is 4.20 Å². The zero-order valence-electron chi connectivity index (χ0n) is 7.56. The summed E-state index contributed by atoms with van der Waals surface area (Å²) in [6.07, 6.45) is 2.83. The highest BCUT2D eigenvalue weighted by atomic mass is 32.2. The van der Waals surface area contributed by atoms with Crippen molar-refractivity contribution in [3.05, 3.63) is 24.2 Å². The Labute approximate surface area is 87.3 Å². The third-order valence-electron chi connectivity index (χ3n) is 1.88. The zero-order valence-corrected chi connectivity index (χ0v) is 9.19. The summed E-state index contributed by atoms with van der Waals surface area (Å²) in [7, 11) is 0. The van der Waals surface area contributed by atoms with Gasteiger partial charge in [-0.05, 0) is 18.4 Å². The molecule has 2 nitrogen and oxygen atoms in total. The van der Waals surface area contributed by atoms with Crippen molar-refractivity contribution >= 4 is 28.2 Å². The van der Waals surface area contributed by atoms with E-state index in [1.165, 1.54) is 11.8 Å². The standard InChI is InChI=1S/C9H12O2S2/c1-6(9(12)13-2)8(10)7-4-3-5-11-7/h3-6,8,10H,1-2H3/t6-,8-/m1/s1. The molecule has 0 aliphatic heterocycles. The Hall–Kier alpha value is -0.320. The van der Waals surface area contributed by atoms with Crippen LogP contribution in [0.5, 0.6) is 0 Å². The topological polar surface area (TPSA) is 33.4 Å². The molecule has 4 heteroatoms. The van der Waals surface area contributed by atoms with Gasteiger partial charge in [0.1, 0.15) is 11.9 Å². The lowest BCUT2D eigenvalue weighted by Crippen LogP contribution is -2.14. The summed E-state index contributed by atoms with van der Waals surface area (Å²) in [6.45, 7) is 1.89. The number of hydrogen-bond donors (Lipinski definition) is 1. The maximum Gasteiger partial charge on any atom is 0.132 e. The van der Waals surface area contributed by atoms with E-state index in [4.69, 9.17) is 16.6 Å². The lowest BCUT2D eigenvalue weighted by molar-refractivity contribution is 0.123. The Morgan fingerprint density at radius 1 is 1.69 bits per heavy atom. The molecule has 2 atom stereocenters. The van der Waals surface area contributed by atoms with E-state index >= 15 is 0 Å². The highest BCUT2D eigenvalue weighted by Gasteiger charge is 2.21. The molecule has 0 unspecified atom stereocenters. The second kappa shape index (κ2) is 4.79. The summed E-state index contributed by atoms with van der Waals surface area (Å²) in [4.78, 5) is 0. The van der Waals surface area contributed by atoms with Crippen LogP contribution < -0.4 is 0 Å². The average Bonchev–Trinajstić information content (AvgIpc) is 2.67. The lowest BCUT2D eigenvalue weighted by atomic mass is 10.1. The molecule has 1 aromatic rings. The first kappa shape index (κ1) is 10.8. The van der Waals surface area contributed by atoms with Crippen LogP contribution in [0.3, 0.4) is 0 Å². The summed E-state index contributed by atoms with van der Waals surface area (Å²) in [5.74, 6) is 0.514. The van der Waals surface area contributed by atoms with E-state index in [1.807, 2.05) is 13.2 Å². The van der Waals surface area contributed by atoms with E-state index in [2.05, 4.69) is 0 Å². The Kier molecular flexibility index (Phi) is 3.96. The van der Waals surface area contributed by atoms with Crippen LogP contribution in [0.15, 0.2) is 22.8 Å². The fourth-order valence-corrected chi connectivity index (χ4v) is 1.65. The molecule has 0 saturated carbocycles. The maximum atomic E-state index is 9.78. The minimum absolute atomic E-state index is 0.0591. The highest BCUT2D eigenvalue weighted by molar-refractivity contribution is 8.22. The first-order valence-corrected chi connectivity index (χ1v) is 5.59. The monoisotopic (exact) mass is 216 g/mol. The molecule has 1 heterocycles. The van der Waals surface area contributed by atoms with Gasteiger partial charge in [0.15, 0.2) is 0 Å². The number of hydrogen-bond acceptors (Lipinski definition) is 4. The molecule has 0 aromatic carbocycles. The second-order valence-electron chi connectivity index (χ2n) is 2.77. The van der Waals surface area contributed by atoms with Crippen molar-refractivity contribution in [2.24, 2.45) is 5.92 Å². The van der Waals surface area contributed by atoms with Crippen molar-refractivity contribution in [2.75, 3.05) is 6.26 Å². The minimum Gasteiger partial charge on any atom is -0.467 e. The van der Waals surface area contributed by atoms with E-state index in [0.29, 0.717) is 5.76 Å². The molecule has 0 fully saturated rings. The van der Waals surface area contributed by atoms with Crippen molar-refractivity contribution in [1.82, 2.24) is 0 Å². The van der Waals surface area contributed by atoms with E-state index in [1.54, 1.807) is 18.4 Å². The molecule has 0 aliphatic rings. The number of thioether (sulfide) groups is 1. The van der Waals surface area contributed by atoms with Crippen LogP contribution in [-0.4, -0.2) is 15.6 Å². The molecule has 0 saturated heterocycles. The summed E-state index contributed by atoms with van der Waals surface area (Å²) in [5.41, 5.74) is 0. The number of aliphatic hydroxyl groups is 1. The van der Waals surface area contributed by atoms with Gasteiger partial charge in [0.25, 0.3) is 0 Å². The smallest absolute Gasteiger partial charge is 0.132 e. The minimum atomic E-state index is -0.630. The number of aliphatic hydroxyl groups excluding tert-OH is 1. The van der Waals surface area contributed by atoms with E-state index in [9.17, 15) is 5.11 Å². The van der Waals surface area contributed by atoms with Crippen molar-refractivity contribution in [3.8, 4) is 0 Å². The first-order valence-electron chi connectivity index (χ1n) is 3.96. The lowest BCUT2D eigenvalue weighted by Gasteiger charge is -2.16. The molecule has 0 amide bonds. The fraction of sp³-hybridized carbons (Fsp3) is 0.444. The third kappa shape index (κ3) is 2.56. The van der Waals surface area contributed by atoms with Crippen LogP contribution >= 0.6 is 24.0 Å². The molecule has 13 heavy (non-hydrogen) atoms. The largest absolute Gasteiger partial charge is 0.467 e. The molecule has 0 bridgehead atoms. The SMILES string of the molecule is CSC(=S)[C@H](C)[C@@H](O)c1ccco1. The van der Waals surface area contributed by atoms with Crippen LogP contribution in [0.25, 0.3) is 0 Å². The molecule has 1 N–H and O–H groups in total. The number of rotatable bonds is 3. The van der Waals surface area contributed by atoms with Gasteiger partial charge in [-0.3, -0.25) is 0 Å². The maximum absolute atomic E-state index is 9.78. The van der Waals surface area contributed by atoms with Gasteiger partial charge in [0.05, 0.1) is 10.5 Å². The Balaban J connectivity index is 2.68. The Morgan fingerprint density at radius 3 is 2.85 bits per heavy atom. The van der Waals surface area contributed by atoms with Crippen LogP contribution in [0, 0.1) is 5.92 Å². The Bertz CT molecular complexity index is 269. The Morgan fingerprint density at radius 2 is 2.38 bits per heavy atom. The normalized spacial score (nSPS) is 15.3.